The van der Waals surface area contributed by atoms with Crippen molar-refractivity contribution in [2.45, 2.75) is 31.8 Å². The van der Waals surface area contributed by atoms with Gasteiger partial charge in [-0.2, -0.15) is 0 Å². The number of halogens is 1. The number of piperazine rings is 1. The molecule has 1 aromatic rings. The van der Waals surface area contributed by atoms with Gasteiger partial charge >= 0.3 is 6.03 Å². The second-order valence-electron chi connectivity index (χ2n) is 8.17. The first-order valence-electron chi connectivity index (χ1n) is 10.2. The molecule has 1 aromatic carbocycles. The van der Waals surface area contributed by atoms with Crippen LogP contribution >= 0.6 is 11.6 Å². The highest BCUT2D eigenvalue weighted by Crippen LogP contribution is 2.31. The van der Waals surface area contributed by atoms with Crippen molar-refractivity contribution in [2.24, 2.45) is 5.92 Å². The SMILES string of the molecule is COCC1(CC(C)C(=O)N2CCN(c3ccc(Cl)c(OC)c3)[C@@H](C)C2)NC(=O)NC1=O. The molecule has 170 valence electrons. The maximum Gasteiger partial charge on any atom is 0.322 e. The van der Waals surface area contributed by atoms with Crippen molar-refractivity contribution in [2.75, 3.05) is 45.4 Å². The number of urea groups is 1. The van der Waals surface area contributed by atoms with Gasteiger partial charge in [-0.05, 0) is 25.5 Å². The zero-order valence-corrected chi connectivity index (χ0v) is 19.0. The molecule has 31 heavy (non-hydrogen) atoms. The Morgan fingerprint density at radius 1 is 1.32 bits per heavy atom. The summed E-state index contributed by atoms with van der Waals surface area (Å²) in [5.74, 6) is -0.369. The molecular weight excluding hydrogens is 424 g/mol. The number of hydrogen-bond acceptors (Lipinski definition) is 6. The van der Waals surface area contributed by atoms with Gasteiger partial charge in [0.1, 0.15) is 11.3 Å². The Labute approximate surface area is 187 Å². The summed E-state index contributed by atoms with van der Waals surface area (Å²) >= 11 is 6.13. The second kappa shape index (κ2) is 9.32. The molecule has 0 bridgehead atoms. The van der Waals surface area contributed by atoms with Crippen LogP contribution in [0.2, 0.25) is 5.02 Å². The number of ether oxygens (including phenoxy) is 2. The van der Waals surface area contributed by atoms with E-state index in [4.69, 9.17) is 21.1 Å². The van der Waals surface area contributed by atoms with E-state index in [2.05, 4.69) is 22.5 Å². The Morgan fingerprint density at radius 2 is 2.06 bits per heavy atom. The smallest absolute Gasteiger partial charge is 0.322 e. The van der Waals surface area contributed by atoms with Gasteiger partial charge in [-0.25, -0.2) is 4.79 Å². The van der Waals surface area contributed by atoms with E-state index in [9.17, 15) is 14.4 Å². The van der Waals surface area contributed by atoms with Crippen molar-refractivity contribution in [1.82, 2.24) is 15.5 Å². The normalized spacial score (nSPS) is 24.6. The topological polar surface area (TPSA) is 100 Å². The summed E-state index contributed by atoms with van der Waals surface area (Å²) < 4.78 is 10.5. The van der Waals surface area contributed by atoms with Gasteiger partial charge < -0.3 is 24.6 Å². The van der Waals surface area contributed by atoms with Crippen molar-refractivity contribution in [3.63, 3.8) is 0 Å². The highest BCUT2D eigenvalue weighted by atomic mass is 35.5. The molecule has 0 spiro atoms. The van der Waals surface area contributed by atoms with E-state index in [0.29, 0.717) is 30.4 Å². The number of anilines is 1. The molecule has 2 aliphatic heterocycles. The number of rotatable bonds is 7. The van der Waals surface area contributed by atoms with E-state index in [-0.39, 0.29) is 25.0 Å². The van der Waals surface area contributed by atoms with Crippen molar-refractivity contribution in [1.29, 1.82) is 0 Å². The Hall–Kier alpha value is -2.52. The molecule has 0 aliphatic carbocycles. The molecule has 2 heterocycles. The van der Waals surface area contributed by atoms with E-state index < -0.39 is 23.4 Å². The van der Waals surface area contributed by atoms with Crippen molar-refractivity contribution < 1.29 is 23.9 Å². The third-order valence-electron chi connectivity index (χ3n) is 5.89. The molecule has 2 aliphatic rings. The third-order valence-corrected chi connectivity index (χ3v) is 6.20. The molecule has 0 saturated carbocycles. The van der Waals surface area contributed by atoms with Crippen LogP contribution in [0, 0.1) is 5.92 Å². The summed E-state index contributed by atoms with van der Waals surface area (Å²) in [7, 11) is 3.04. The van der Waals surface area contributed by atoms with Crippen LogP contribution in [0.4, 0.5) is 10.5 Å². The molecule has 2 saturated heterocycles. The highest BCUT2D eigenvalue weighted by Gasteiger charge is 2.48. The summed E-state index contributed by atoms with van der Waals surface area (Å²) in [6, 6.07) is 5.16. The number of amides is 4. The third kappa shape index (κ3) is 4.72. The van der Waals surface area contributed by atoms with Gasteiger partial charge in [0.05, 0.1) is 18.7 Å². The second-order valence-corrected chi connectivity index (χ2v) is 8.58. The molecule has 2 unspecified atom stereocenters. The van der Waals surface area contributed by atoms with Crippen LogP contribution in [0.15, 0.2) is 18.2 Å². The average Bonchev–Trinajstić information content (AvgIpc) is 3.00. The first-order chi connectivity index (χ1) is 14.7. The van der Waals surface area contributed by atoms with Crippen LogP contribution in [0.5, 0.6) is 5.75 Å². The fraction of sp³-hybridized carbons (Fsp3) is 0.571. The minimum Gasteiger partial charge on any atom is -0.495 e. The number of hydrogen-bond donors (Lipinski definition) is 2. The van der Waals surface area contributed by atoms with E-state index >= 15 is 0 Å². The number of benzene rings is 1. The van der Waals surface area contributed by atoms with Crippen LogP contribution in [0.3, 0.4) is 0 Å². The largest absolute Gasteiger partial charge is 0.495 e. The Bertz CT molecular complexity index is 866. The molecule has 2 fully saturated rings. The summed E-state index contributed by atoms with van der Waals surface area (Å²) in [4.78, 5) is 41.2. The average molecular weight is 453 g/mol. The van der Waals surface area contributed by atoms with Crippen molar-refractivity contribution in [3.8, 4) is 5.75 Å². The van der Waals surface area contributed by atoms with Gasteiger partial charge in [0, 0.05) is 50.5 Å². The minimum atomic E-state index is -1.23. The minimum absolute atomic E-state index is 0.00474. The summed E-state index contributed by atoms with van der Waals surface area (Å²) in [6.45, 7) is 5.59. The van der Waals surface area contributed by atoms with Gasteiger partial charge in [0.2, 0.25) is 5.91 Å². The molecule has 2 N–H and O–H groups in total. The standard InChI is InChI=1S/C21H29ClN4O5/c1-13(10-21(12-30-3)19(28)23-20(29)24-21)18(27)25-7-8-26(14(2)11-25)15-5-6-16(22)17(9-15)31-4/h5-6,9,13-14H,7-8,10-12H2,1-4H3,(H2,23,24,28,29)/t13?,14-,21?/m0/s1. The molecule has 10 heteroatoms. The molecule has 3 atom stereocenters. The Kier molecular flexibility index (Phi) is 6.96. The quantitative estimate of drug-likeness (QED) is 0.610. The summed E-state index contributed by atoms with van der Waals surface area (Å²) in [5, 5.41) is 5.42. The molecule has 0 aromatic heterocycles. The van der Waals surface area contributed by atoms with Gasteiger partial charge in [-0.15, -0.1) is 0 Å². The van der Waals surface area contributed by atoms with Gasteiger partial charge in [0.15, 0.2) is 0 Å². The number of nitrogens with zero attached hydrogens (tertiary/aromatic N) is 2. The zero-order chi connectivity index (χ0) is 22.8. The number of imide groups is 1. The van der Waals surface area contributed by atoms with Crippen LogP contribution < -0.4 is 20.3 Å². The predicted octanol–water partition coefficient (Wildman–Crippen LogP) is 1.64. The Balaban J connectivity index is 1.66. The lowest BCUT2D eigenvalue weighted by molar-refractivity contribution is -0.137. The van der Waals surface area contributed by atoms with Crippen molar-refractivity contribution in [3.05, 3.63) is 23.2 Å². The number of nitrogens with one attached hydrogen (secondary N) is 2. The van der Waals surface area contributed by atoms with E-state index in [1.54, 1.807) is 20.1 Å². The molecule has 9 nitrogen and oxygen atoms in total. The summed E-state index contributed by atoms with van der Waals surface area (Å²) in [5.41, 5.74) is -0.243. The highest BCUT2D eigenvalue weighted by molar-refractivity contribution is 6.32. The maximum atomic E-state index is 13.1. The number of carbonyl (C=O) groups is 3. The lowest BCUT2D eigenvalue weighted by Crippen LogP contribution is -2.57. The van der Waals surface area contributed by atoms with E-state index in [0.717, 1.165) is 5.69 Å². The molecular formula is C21H29ClN4O5. The zero-order valence-electron chi connectivity index (χ0n) is 18.2. The van der Waals surface area contributed by atoms with E-state index in [1.165, 1.54) is 7.11 Å². The van der Waals surface area contributed by atoms with Crippen LogP contribution in [-0.4, -0.2) is 74.8 Å². The number of carbonyl (C=O) groups excluding carboxylic acids is 3. The fourth-order valence-electron chi connectivity index (χ4n) is 4.37. The van der Waals surface area contributed by atoms with Crippen molar-refractivity contribution >= 4 is 35.1 Å². The first kappa shape index (κ1) is 23.1. The van der Waals surface area contributed by atoms with Crippen LogP contribution in [0.25, 0.3) is 0 Å². The fourth-order valence-corrected chi connectivity index (χ4v) is 4.56. The van der Waals surface area contributed by atoms with Gasteiger partial charge in [0.25, 0.3) is 5.91 Å². The molecule has 0 radical (unpaired) electrons. The van der Waals surface area contributed by atoms with Gasteiger partial charge in [-0.3, -0.25) is 14.9 Å². The predicted molar refractivity (Wildman–Crippen MR) is 116 cm³/mol. The monoisotopic (exact) mass is 452 g/mol. The lowest BCUT2D eigenvalue weighted by Gasteiger charge is -2.42. The first-order valence-corrected chi connectivity index (χ1v) is 10.6. The van der Waals surface area contributed by atoms with Crippen LogP contribution in [-0.2, 0) is 14.3 Å². The Morgan fingerprint density at radius 3 is 2.65 bits per heavy atom. The van der Waals surface area contributed by atoms with Gasteiger partial charge in [-0.1, -0.05) is 18.5 Å². The van der Waals surface area contributed by atoms with E-state index in [1.807, 2.05) is 17.0 Å². The number of methoxy groups -OCH3 is 2. The molecule has 3 rings (SSSR count). The lowest BCUT2D eigenvalue weighted by atomic mass is 9.87. The van der Waals surface area contributed by atoms with Crippen LogP contribution in [0.1, 0.15) is 20.3 Å². The molecule has 4 amide bonds. The maximum absolute atomic E-state index is 13.1. The summed E-state index contributed by atoms with van der Waals surface area (Å²) in [6.07, 6.45) is 0.167.